The molecule has 1 heterocycles. The average molecular weight is 273 g/mol. The molecular formula is C10H15N3O4S. The molecule has 100 valence electrons. The van der Waals surface area contributed by atoms with Crippen LogP contribution in [0.5, 0.6) is 0 Å². The number of carbonyl (C=O) groups is 1. The van der Waals surface area contributed by atoms with Crippen LogP contribution < -0.4 is 11.0 Å². The van der Waals surface area contributed by atoms with Gasteiger partial charge in [-0.2, -0.15) is 0 Å². The van der Waals surface area contributed by atoms with Crippen LogP contribution in [-0.4, -0.2) is 44.8 Å². The molecule has 0 aromatic carbocycles. The number of hydrogen-bond acceptors (Lipinski definition) is 5. The van der Waals surface area contributed by atoms with Crippen molar-refractivity contribution in [1.82, 2.24) is 15.3 Å². The second-order valence-corrected chi connectivity index (χ2v) is 4.65. The third-order valence-corrected chi connectivity index (χ3v) is 2.78. The van der Waals surface area contributed by atoms with Gasteiger partial charge in [-0.15, -0.1) is 0 Å². The second-order valence-electron chi connectivity index (χ2n) is 4.24. The Hall–Kier alpha value is -1.51. The molecule has 18 heavy (non-hydrogen) atoms. The fourth-order valence-electron chi connectivity index (χ4n) is 1.34. The lowest BCUT2D eigenvalue weighted by Gasteiger charge is -2.26. The molecule has 1 aromatic rings. The molecule has 0 unspecified atom stereocenters. The Morgan fingerprint density at radius 2 is 1.94 bits per heavy atom. The Morgan fingerprint density at radius 1 is 1.39 bits per heavy atom. The summed E-state index contributed by atoms with van der Waals surface area (Å²) >= 11 is 4.90. The van der Waals surface area contributed by atoms with E-state index in [1.807, 2.05) is 0 Å². The Morgan fingerprint density at radius 3 is 2.39 bits per heavy atom. The molecule has 0 radical (unpaired) electrons. The Kier molecular flexibility index (Phi) is 4.38. The number of aryl methyl sites for hydroxylation is 1. The lowest BCUT2D eigenvalue weighted by atomic mass is 10.0. The molecule has 1 amide bonds. The van der Waals surface area contributed by atoms with Crippen LogP contribution in [0, 0.1) is 11.6 Å². The van der Waals surface area contributed by atoms with E-state index in [2.05, 4.69) is 15.3 Å². The third kappa shape index (κ3) is 3.03. The lowest BCUT2D eigenvalue weighted by Crippen LogP contribution is -2.52. The first kappa shape index (κ1) is 14.6. The van der Waals surface area contributed by atoms with Crippen LogP contribution in [0.3, 0.4) is 0 Å². The maximum atomic E-state index is 12.0. The maximum absolute atomic E-state index is 12.0. The van der Waals surface area contributed by atoms with Gasteiger partial charge in [0.25, 0.3) is 5.91 Å². The van der Waals surface area contributed by atoms with Crippen LogP contribution >= 0.6 is 12.2 Å². The van der Waals surface area contributed by atoms with E-state index in [0.717, 1.165) is 0 Å². The van der Waals surface area contributed by atoms with Gasteiger partial charge in [-0.25, -0.2) is 4.79 Å². The number of rotatable bonds is 4. The quantitative estimate of drug-likeness (QED) is 0.461. The molecule has 0 aliphatic heterocycles. The fraction of sp³-hybridized carbons (Fsp3) is 0.500. The van der Waals surface area contributed by atoms with E-state index < -0.39 is 30.3 Å². The van der Waals surface area contributed by atoms with Crippen molar-refractivity contribution in [2.45, 2.75) is 19.4 Å². The van der Waals surface area contributed by atoms with Crippen LogP contribution in [-0.2, 0) is 0 Å². The van der Waals surface area contributed by atoms with Crippen LogP contribution in [0.25, 0.3) is 0 Å². The maximum Gasteiger partial charge on any atom is 0.324 e. The van der Waals surface area contributed by atoms with Crippen molar-refractivity contribution in [3.8, 4) is 0 Å². The van der Waals surface area contributed by atoms with Gasteiger partial charge < -0.3 is 20.5 Å². The van der Waals surface area contributed by atoms with E-state index in [9.17, 15) is 9.59 Å². The molecular weight excluding hydrogens is 258 g/mol. The first-order valence-corrected chi connectivity index (χ1v) is 5.61. The van der Waals surface area contributed by atoms with E-state index >= 15 is 0 Å². The topological polar surface area (TPSA) is 118 Å². The van der Waals surface area contributed by atoms with Gasteiger partial charge in [0.05, 0.1) is 24.3 Å². The van der Waals surface area contributed by atoms with Gasteiger partial charge in [0.15, 0.2) is 0 Å². The van der Waals surface area contributed by atoms with Gasteiger partial charge in [-0.3, -0.25) is 9.78 Å². The van der Waals surface area contributed by atoms with Crippen molar-refractivity contribution in [1.29, 1.82) is 0 Å². The number of aliphatic hydroxyl groups excluding tert-OH is 2. The van der Waals surface area contributed by atoms with Gasteiger partial charge in [0, 0.05) is 5.69 Å². The van der Waals surface area contributed by atoms with E-state index in [1.54, 1.807) is 0 Å². The number of H-pyrrole nitrogens is 2. The molecule has 0 fully saturated rings. The van der Waals surface area contributed by atoms with Crippen LogP contribution in [0.2, 0.25) is 0 Å². The molecule has 8 heteroatoms. The van der Waals surface area contributed by atoms with Crippen molar-refractivity contribution in [3.63, 3.8) is 0 Å². The highest BCUT2D eigenvalue weighted by molar-refractivity contribution is 7.71. The Balaban J connectivity index is 3.13. The van der Waals surface area contributed by atoms with E-state index in [4.69, 9.17) is 22.4 Å². The molecule has 0 bridgehead atoms. The number of aliphatic hydroxyl groups is 2. The van der Waals surface area contributed by atoms with Crippen molar-refractivity contribution in [3.05, 3.63) is 26.4 Å². The minimum Gasteiger partial charge on any atom is -0.394 e. The number of aromatic nitrogens is 2. The molecule has 0 aliphatic carbocycles. The molecule has 1 aromatic heterocycles. The monoisotopic (exact) mass is 273 g/mol. The minimum atomic E-state index is -1.15. The summed E-state index contributed by atoms with van der Waals surface area (Å²) in [6.45, 7) is 2.18. The predicted octanol–water partition coefficient (Wildman–Crippen LogP) is -0.786. The zero-order valence-corrected chi connectivity index (χ0v) is 10.8. The zero-order valence-electron chi connectivity index (χ0n) is 10.0. The lowest BCUT2D eigenvalue weighted by molar-refractivity contribution is 0.0722. The fourth-order valence-corrected chi connectivity index (χ4v) is 1.68. The first-order valence-electron chi connectivity index (χ1n) is 5.20. The van der Waals surface area contributed by atoms with E-state index in [1.165, 1.54) is 13.8 Å². The number of hydrogen-bond donors (Lipinski definition) is 5. The zero-order chi connectivity index (χ0) is 13.9. The molecule has 0 atom stereocenters. The highest BCUT2D eigenvalue weighted by Crippen LogP contribution is 2.07. The van der Waals surface area contributed by atoms with E-state index in [-0.39, 0.29) is 10.2 Å². The Labute approximate surface area is 108 Å². The summed E-state index contributed by atoms with van der Waals surface area (Å²) < 4.78 is 0.00646. The molecule has 0 saturated heterocycles. The summed E-state index contributed by atoms with van der Waals surface area (Å²) in [5, 5.41) is 20.7. The SMILES string of the molecule is Cc1[nH]c(=O)[nH]c(=S)c1C(=O)NC(C)(CO)CO. The van der Waals surface area contributed by atoms with Crippen molar-refractivity contribution in [2.24, 2.45) is 0 Å². The summed E-state index contributed by atoms with van der Waals surface area (Å²) in [7, 11) is 0. The molecule has 0 aliphatic rings. The summed E-state index contributed by atoms with van der Waals surface area (Å²) in [5.41, 5.74) is -1.22. The smallest absolute Gasteiger partial charge is 0.324 e. The number of nitrogens with one attached hydrogen (secondary N) is 3. The van der Waals surface area contributed by atoms with E-state index in [0.29, 0.717) is 5.69 Å². The highest BCUT2D eigenvalue weighted by Gasteiger charge is 2.26. The highest BCUT2D eigenvalue weighted by atomic mass is 32.1. The van der Waals surface area contributed by atoms with Crippen LogP contribution in [0.1, 0.15) is 23.0 Å². The molecule has 1 rings (SSSR count). The minimum absolute atomic E-state index is 0.00646. The summed E-state index contributed by atoms with van der Waals surface area (Å²) in [6, 6.07) is 0. The van der Waals surface area contributed by atoms with Crippen molar-refractivity contribution >= 4 is 18.1 Å². The van der Waals surface area contributed by atoms with Gasteiger partial charge in [-0.05, 0) is 13.8 Å². The molecule has 7 nitrogen and oxygen atoms in total. The van der Waals surface area contributed by atoms with Crippen molar-refractivity contribution < 1.29 is 15.0 Å². The summed E-state index contributed by atoms with van der Waals surface area (Å²) in [5.74, 6) is -0.574. The van der Waals surface area contributed by atoms with Gasteiger partial charge in [0.2, 0.25) is 0 Å². The van der Waals surface area contributed by atoms with Crippen LogP contribution in [0.4, 0.5) is 0 Å². The first-order chi connectivity index (χ1) is 8.33. The average Bonchev–Trinajstić information content (AvgIpc) is 2.27. The number of carbonyl (C=O) groups excluding carboxylic acids is 1. The van der Waals surface area contributed by atoms with Gasteiger partial charge >= 0.3 is 5.69 Å². The third-order valence-electron chi connectivity index (χ3n) is 2.47. The standard InChI is InChI=1S/C10H15N3O4S/c1-5-6(8(18)12-9(17)11-5)7(16)13-10(2,3-14)4-15/h14-15H,3-4H2,1-2H3,(H,13,16)(H2,11,12,17,18). The number of aromatic amines is 2. The normalized spacial score (nSPS) is 11.3. The molecule has 5 N–H and O–H groups in total. The van der Waals surface area contributed by atoms with Crippen LogP contribution in [0.15, 0.2) is 4.79 Å². The summed E-state index contributed by atoms with van der Waals surface area (Å²) in [4.78, 5) is 27.8. The largest absolute Gasteiger partial charge is 0.394 e. The second kappa shape index (κ2) is 5.42. The van der Waals surface area contributed by atoms with Crippen molar-refractivity contribution in [2.75, 3.05) is 13.2 Å². The summed E-state index contributed by atoms with van der Waals surface area (Å²) in [6.07, 6.45) is 0. The molecule has 0 spiro atoms. The predicted molar refractivity (Wildman–Crippen MR) is 67.0 cm³/mol. The number of amides is 1. The van der Waals surface area contributed by atoms with Gasteiger partial charge in [-0.1, -0.05) is 12.2 Å². The van der Waals surface area contributed by atoms with Gasteiger partial charge in [0.1, 0.15) is 4.64 Å². The Bertz CT molecular complexity index is 559. The molecule has 0 saturated carbocycles.